The van der Waals surface area contributed by atoms with Crippen LogP contribution in [0.25, 0.3) is 22.2 Å². The average molecular weight is 332 g/mol. The number of nitrogens with two attached hydrogens (primary N) is 1. The molecule has 2 N–H and O–H groups in total. The Kier molecular flexibility index (Phi) is 4.53. The summed E-state index contributed by atoms with van der Waals surface area (Å²) in [5, 5.41) is 1.04. The minimum Gasteiger partial charge on any atom is -0.388 e. The Labute approximate surface area is 148 Å². The van der Waals surface area contributed by atoms with Gasteiger partial charge >= 0.3 is 0 Å². The molecule has 0 radical (unpaired) electrons. The van der Waals surface area contributed by atoms with Crippen molar-refractivity contribution < 1.29 is 0 Å². The Hall–Kier alpha value is -2.75. The van der Waals surface area contributed by atoms with Gasteiger partial charge in [0.2, 0.25) is 0 Å². The molecule has 1 heterocycles. The SMILES string of the molecule is CC(N)=NCc1cccc2c(-c3ccc(C(C)(C)C)cc3)ncnc12. The van der Waals surface area contributed by atoms with E-state index < -0.39 is 0 Å². The van der Waals surface area contributed by atoms with Crippen LogP contribution in [0.2, 0.25) is 0 Å². The van der Waals surface area contributed by atoms with Gasteiger partial charge in [-0.15, -0.1) is 0 Å². The zero-order valence-corrected chi connectivity index (χ0v) is 15.2. The lowest BCUT2D eigenvalue weighted by Gasteiger charge is -2.19. The van der Waals surface area contributed by atoms with Gasteiger partial charge in [-0.2, -0.15) is 0 Å². The van der Waals surface area contributed by atoms with E-state index in [4.69, 9.17) is 5.73 Å². The van der Waals surface area contributed by atoms with Gasteiger partial charge in [0.1, 0.15) is 6.33 Å². The number of benzene rings is 2. The largest absolute Gasteiger partial charge is 0.388 e. The lowest BCUT2D eigenvalue weighted by atomic mass is 9.86. The van der Waals surface area contributed by atoms with Gasteiger partial charge in [-0.3, -0.25) is 4.99 Å². The molecule has 0 saturated heterocycles. The fourth-order valence-corrected chi connectivity index (χ4v) is 2.84. The Balaban J connectivity index is 2.08. The van der Waals surface area contributed by atoms with Crippen LogP contribution in [0.15, 0.2) is 53.8 Å². The van der Waals surface area contributed by atoms with Crippen molar-refractivity contribution in [3.05, 3.63) is 59.9 Å². The van der Waals surface area contributed by atoms with Gasteiger partial charge < -0.3 is 5.73 Å². The van der Waals surface area contributed by atoms with Crippen molar-refractivity contribution in [2.24, 2.45) is 10.7 Å². The van der Waals surface area contributed by atoms with E-state index in [0.29, 0.717) is 12.4 Å². The summed E-state index contributed by atoms with van der Waals surface area (Å²) >= 11 is 0. The van der Waals surface area contributed by atoms with Crippen molar-refractivity contribution in [3.8, 4) is 11.3 Å². The van der Waals surface area contributed by atoms with Gasteiger partial charge in [-0.1, -0.05) is 63.2 Å². The molecule has 0 bridgehead atoms. The number of hydrogen-bond donors (Lipinski definition) is 1. The molecule has 3 aromatic rings. The van der Waals surface area contributed by atoms with Gasteiger partial charge in [-0.25, -0.2) is 9.97 Å². The lowest BCUT2D eigenvalue weighted by Crippen LogP contribution is -2.10. The third-order valence-corrected chi connectivity index (χ3v) is 4.27. The second-order valence-corrected chi connectivity index (χ2v) is 7.32. The zero-order valence-electron chi connectivity index (χ0n) is 15.2. The molecule has 0 atom stereocenters. The highest BCUT2D eigenvalue weighted by molar-refractivity contribution is 5.93. The molecule has 2 aromatic carbocycles. The van der Waals surface area contributed by atoms with E-state index in [1.165, 1.54) is 5.56 Å². The highest BCUT2D eigenvalue weighted by Crippen LogP contribution is 2.29. The van der Waals surface area contributed by atoms with Crippen LogP contribution in [0.5, 0.6) is 0 Å². The Morgan fingerprint density at radius 3 is 2.40 bits per heavy atom. The van der Waals surface area contributed by atoms with Crippen LogP contribution >= 0.6 is 0 Å². The molecule has 0 aliphatic heterocycles. The molecule has 0 saturated carbocycles. The summed E-state index contributed by atoms with van der Waals surface area (Å²) in [6, 6.07) is 14.7. The normalized spacial score (nSPS) is 12.6. The Bertz CT molecular complexity index is 915. The summed E-state index contributed by atoms with van der Waals surface area (Å²) in [5.74, 6) is 0.573. The van der Waals surface area contributed by atoms with Crippen molar-refractivity contribution in [3.63, 3.8) is 0 Å². The van der Waals surface area contributed by atoms with Gasteiger partial charge in [0.25, 0.3) is 0 Å². The number of fused-ring (bicyclic) bond motifs is 1. The second-order valence-electron chi connectivity index (χ2n) is 7.32. The first-order valence-corrected chi connectivity index (χ1v) is 8.46. The molecule has 0 fully saturated rings. The molecule has 1 aromatic heterocycles. The van der Waals surface area contributed by atoms with Crippen molar-refractivity contribution in [1.82, 2.24) is 9.97 Å². The summed E-state index contributed by atoms with van der Waals surface area (Å²) < 4.78 is 0. The van der Waals surface area contributed by atoms with Crippen LogP contribution in [0.4, 0.5) is 0 Å². The summed E-state index contributed by atoms with van der Waals surface area (Å²) in [5.41, 5.74) is 11.1. The summed E-state index contributed by atoms with van der Waals surface area (Å²) in [7, 11) is 0. The Morgan fingerprint density at radius 2 is 1.76 bits per heavy atom. The van der Waals surface area contributed by atoms with E-state index >= 15 is 0 Å². The molecule has 0 aliphatic rings. The van der Waals surface area contributed by atoms with Crippen LogP contribution in [-0.4, -0.2) is 15.8 Å². The van der Waals surface area contributed by atoms with Gasteiger partial charge in [0.15, 0.2) is 0 Å². The fraction of sp³-hybridized carbons (Fsp3) is 0.286. The monoisotopic (exact) mass is 332 g/mol. The number of hydrogen-bond acceptors (Lipinski definition) is 3. The third kappa shape index (κ3) is 3.68. The first-order chi connectivity index (χ1) is 11.9. The van der Waals surface area contributed by atoms with E-state index in [-0.39, 0.29) is 5.41 Å². The predicted octanol–water partition coefficient (Wildman–Crippen LogP) is 4.47. The molecule has 4 heteroatoms. The number of para-hydroxylation sites is 1. The number of rotatable bonds is 3. The topological polar surface area (TPSA) is 64.2 Å². The summed E-state index contributed by atoms with van der Waals surface area (Å²) in [6.45, 7) is 8.97. The zero-order chi connectivity index (χ0) is 18.0. The molecule has 0 spiro atoms. The highest BCUT2D eigenvalue weighted by atomic mass is 14.9. The fourth-order valence-electron chi connectivity index (χ4n) is 2.84. The Morgan fingerprint density at radius 1 is 1.04 bits per heavy atom. The predicted molar refractivity (Wildman–Crippen MR) is 105 cm³/mol. The molecule has 25 heavy (non-hydrogen) atoms. The van der Waals surface area contributed by atoms with E-state index in [1.54, 1.807) is 13.3 Å². The van der Waals surface area contributed by atoms with Crippen LogP contribution in [0.1, 0.15) is 38.8 Å². The smallest absolute Gasteiger partial charge is 0.116 e. The molecule has 0 amide bonds. The van der Waals surface area contributed by atoms with Crippen LogP contribution in [0, 0.1) is 0 Å². The highest BCUT2D eigenvalue weighted by Gasteiger charge is 2.14. The first-order valence-electron chi connectivity index (χ1n) is 8.46. The maximum absolute atomic E-state index is 5.67. The summed E-state index contributed by atoms with van der Waals surface area (Å²) in [4.78, 5) is 13.3. The van der Waals surface area contributed by atoms with Crippen LogP contribution in [0.3, 0.4) is 0 Å². The number of aromatic nitrogens is 2. The number of nitrogens with zero attached hydrogens (tertiary/aromatic N) is 3. The second kappa shape index (κ2) is 6.63. The maximum atomic E-state index is 5.67. The van der Waals surface area contributed by atoms with E-state index in [9.17, 15) is 0 Å². The number of aliphatic imine (C=N–C) groups is 1. The van der Waals surface area contributed by atoms with Gasteiger partial charge in [0.05, 0.1) is 23.6 Å². The van der Waals surface area contributed by atoms with Crippen molar-refractivity contribution in [2.75, 3.05) is 0 Å². The standard InChI is InChI=1S/C21H24N4/c1-14(22)23-12-16-6-5-7-18-19(24-13-25-20(16)18)15-8-10-17(11-9-15)21(2,3)4/h5-11,13H,12H2,1-4H3,(H2,22,23). The van der Waals surface area contributed by atoms with E-state index in [2.05, 4.69) is 66.1 Å². The minimum absolute atomic E-state index is 0.136. The molecular formula is C21H24N4. The minimum atomic E-state index is 0.136. The van der Waals surface area contributed by atoms with E-state index in [1.807, 2.05) is 12.1 Å². The summed E-state index contributed by atoms with van der Waals surface area (Å²) in [6.07, 6.45) is 1.62. The molecule has 3 rings (SSSR count). The van der Waals surface area contributed by atoms with Crippen LogP contribution < -0.4 is 5.73 Å². The molecule has 0 unspecified atom stereocenters. The first kappa shape index (κ1) is 17.1. The lowest BCUT2D eigenvalue weighted by molar-refractivity contribution is 0.590. The molecular weight excluding hydrogens is 308 g/mol. The van der Waals surface area contributed by atoms with Gasteiger partial charge in [-0.05, 0) is 23.5 Å². The van der Waals surface area contributed by atoms with Crippen molar-refractivity contribution in [1.29, 1.82) is 0 Å². The quantitative estimate of drug-likeness (QED) is 0.568. The van der Waals surface area contributed by atoms with Crippen molar-refractivity contribution >= 4 is 16.7 Å². The molecule has 128 valence electrons. The van der Waals surface area contributed by atoms with E-state index in [0.717, 1.165) is 27.7 Å². The van der Waals surface area contributed by atoms with Gasteiger partial charge in [0, 0.05) is 10.9 Å². The molecule has 0 aliphatic carbocycles. The average Bonchev–Trinajstić information content (AvgIpc) is 2.58. The number of amidine groups is 1. The maximum Gasteiger partial charge on any atom is 0.116 e. The third-order valence-electron chi connectivity index (χ3n) is 4.27. The van der Waals surface area contributed by atoms with Crippen LogP contribution in [-0.2, 0) is 12.0 Å². The molecule has 4 nitrogen and oxygen atoms in total. The van der Waals surface area contributed by atoms with Crippen molar-refractivity contribution in [2.45, 2.75) is 39.7 Å².